The normalized spacial score (nSPS) is 10.2. The number of H-pyrrole nitrogens is 1. The summed E-state index contributed by atoms with van der Waals surface area (Å²) in [7, 11) is 0. The Bertz CT molecular complexity index is 767. The van der Waals surface area contributed by atoms with Crippen LogP contribution in [-0.4, -0.2) is 22.0 Å². The second-order valence-electron chi connectivity index (χ2n) is 3.99. The molecular weight excluding hydrogens is 284 g/mol. The molecule has 0 spiro atoms. The van der Waals surface area contributed by atoms with Gasteiger partial charge in [-0.15, -0.1) is 0 Å². The molecule has 1 amide bonds. The van der Waals surface area contributed by atoms with Crippen molar-refractivity contribution in [1.29, 1.82) is 0 Å². The van der Waals surface area contributed by atoms with Crippen LogP contribution in [0.4, 0.5) is 0 Å². The summed E-state index contributed by atoms with van der Waals surface area (Å²) >= 11 is 5.83. The number of amides is 1. The highest BCUT2D eigenvalue weighted by molar-refractivity contribution is 6.33. The molecule has 2 rings (SSSR count). The maximum atomic E-state index is 11.2. The predicted octanol–water partition coefficient (Wildman–Crippen LogP) is 1.49. The first kappa shape index (κ1) is 13.8. The summed E-state index contributed by atoms with van der Waals surface area (Å²) in [6, 6.07) is 5.32. The van der Waals surface area contributed by atoms with Crippen molar-refractivity contribution >= 4 is 23.5 Å². The molecule has 0 radical (unpaired) electrons. The summed E-state index contributed by atoms with van der Waals surface area (Å²) in [6.45, 7) is 0. The molecular formula is C13H9ClN2O4. The summed E-state index contributed by atoms with van der Waals surface area (Å²) in [5.41, 5.74) is 5.23. The van der Waals surface area contributed by atoms with E-state index >= 15 is 0 Å². The molecule has 0 atom stereocenters. The number of nitrogens with two attached hydrogens (primary N) is 1. The Kier molecular flexibility index (Phi) is 3.58. The van der Waals surface area contributed by atoms with Gasteiger partial charge in [0.25, 0.3) is 0 Å². The van der Waals surface area contributed by atoms with E-state index < -0.39 is 17.4 Å². The van der Waals surface area contributed by atoms with Crippen LogP contribution in [-0.2, 0) is 0 Å². The lowest BCUT2D eigenvalue weighted by Crippen LogP contribution is -2.13. The summed E-state index contributed by atoms with van der Waals surface area (Å²) in [4.78, 5) is 36.0. The maximum absolute atomic E-state index is 11.2. The number of carbonyl (C=O) groups is 2. The van der Waals surface area contributed by atoms with Crippen molar-refractivity contribution in [2.75, 3.05) is 0 Å². The van der Waals surface area contributed by atoms with Crippen molar-refractivity contribution in [3.8, 4) is 11.1 Å². The molecule has 7 heteroatoms. The molecule has 0 fully saturated rings. The molecule has 0 unspecified atom stereocenters. The van der Waals surface area contributed by atoms with E-state index in [-0.39, 0.29) is 21.7 Å². The van der Waals surface area contributed by atoms with Crippen LogP contribution in [0.1, 0.15) is 20.7 Å². The zero-order chi connectivity index (χ0) is 14.9. The number of benzene rings is 1. The molecule has 102 valence electrons. The van der Waals surface area contributed by atoms with Crippen LogP contribution >= 0.6 is 11.6 Å². The second kappa shape index (κ2) is 5.18. The molecule has 1 heterocycles. The minimum Gasteiger partial charge on any atom is -0.478 e. The third kappa shape index (κ3) is 2.55. The SMILES string of the molecule is NC(=O)c1cc(-c2c[nH]c(=O)cc2C(=O)O)ccc1Cl. The quantitative estimate of drug-likeness (QED) is 0.795. The van der Waals surface area contributed by atoms with Crippen molar-refractivity contribution in [1.82, 2.24) is 4.98 Å². The van der Waals surface area contributed by atoms with Crippen molar-refractivity contribution in [2.24, 2.45) is 5.73 Å². The zero-order valence-electron chi connectivity index (χ0n) is 10.0. The molecule has 1 aromatic carbocycles. The lowest BCUT2D eigenvalue weighted by molar-refractivity contribution is 0.0697. The molecule has 0 bridgehead atoms. The Morgan fingerprint density at radius 3 is 2.50 bits per heavy atom. The van der Waals surface area contributed by atoms with Crippen LogP contribution in [0, 0.1) is 0 Å². The number of primary amides is 1. The van der Waals surface area contributed by atoms with Gasteiger partial charge in [0.05, 0.1) is 16.1 Å². The smallest absolute Gasteiger partial charge is 0.336 e. The van der Waals surface area contributed by atoms with Gasteiger partial charge in [-0.1, -0.05) is 17.7 Å². The average molecular weight is 293 g/mol. The highest BCUT2D eigenvalue weighted by Crippen LogP contribution is 2.26. The maximum Gasteiger partial charge on any atom is 0.336 e. The number of hydrogen-bond acceptors (Lipinski definition) is 3. The fourth-order valence-corrected chi connectivity index (χ4v) is 1.98. The Morgan fingerprint density at radius 1 is 1.20 bits per heavy atom. The van der Waals surface area contributed by atoms with E-state index in [2.05, 4.69) is 4.98 Å². The van der Waals surface area contributed by atoms with E-state index in [1.54, 1.807) is 0 Å². The van der Waals surface area contributed by atoms with Crippen LogP contribution < -0.4 is 11.3 Å². The highest BCUT2D eigenvalue weighted by Gasteiger charge is 2.15. The average Bonchev–Trinajstić information content (AvgIpc) is 2.39. The number of rotatable bonds is 3. The van der Waals surface area contributed by atoms with Crippen LogP contribution in [0.15, 0.2) is 35.3 Å². The monoisotopic (exact) mass is 292 g/mol. The van der Waals surface area contributed by atoms with Gasteiger partial charge in [-0.25, -0.2) is 4.79 Å². The highest BCUT2D eigenvalue weighted by atomic mass is 35.5. The van der Waals surface area contributed by atoms with Gasteiger partial charge in [0.15, 0.2) is 0 Å². The molecule has 0 aliphatic heterocycles. The second-order valence-corrected chi connectivity index (χ2v) is 4.40. The molecule has 20 heavy (non-hydrogen) atoms. The molecule has 0 aliphatic carbocycles. The standard InChI is InChI=1S/C13H9ClN2O4/c14-10-2-1-6(3-8(10)12(15)18)9-5-16-11(17)4-7(9)13(19)20/h1-5H,(H2,15,18)(H,16,17)(H,19,20). The number of halogens is 1. The van der Waals surface area contributed by atoms with Crippen LogP contribution in [0.3, 0.4) is 0 Å². The minimum atomic E-state index is -1.25. The van der Waals surface area contributed by atoms with Crippen LogP contribution in [0.2, 0.25) is 5.02 Å². The molecule has 0 saturated carbocycles. The first-order chi connectivity index (χ1) is 9.40. The minimum absolute atomic E-state index is 0.0757. The first-order valence-electron chi connectivity index (χ1n) is 5.46. The van der Waals surface area contributed by atoms with E-state index in [0.29, 0.717) is 5.56 Å². The third-order valence-corrected chi connectivity index (χ3v) is 3.03. The summed E-state index contributed by atoms with van der Waals surface area (Å²) in [5, 5.41) is 9.28. The predicted molar refractivity (Wildman–Crippen MR) is 73.0 cm³/mol. The van der Waals surface area contributed by atoms with Gasteiger partial charge in [-0.05, 0) is 17.7 Å². The van der Waals surface area contributed by atoms with Crippen LogP contribution in [0.5, 0.6) is 0 Å². The van der Waals surface area contributed by atoms with Gasteiger partial charge in [0.1, 0.15) is 0 Å². The number of nitrogens with one attached hydrogen (secondary N) is 1. The lowest BCUT2D eigenvalue weighted by Gasteiger charge is -2.08. The molecule has 2 aromatic rings. The Morgan fingerprint density at radius 2 is 1.90 bits per heavy atom. The number of aromatic nitrogens is 1. The van der Waals surface area contributed by atoms with E-state index in [1.807, 2.05) is 0 Å². The van der Waals surface area contributed by atoms with Crippen molar-refractivity contribution in [3.05, 3.63) is 57.0 Å². The third-order valence-electron chi connectivity index (χ3n) is 2.70. The summed E-state index contributed by atoms with van der Waals surface area (Å²) in [5.74, 6) is -1.97. The molecule has 1 aromatic heterocycles. The van der Waals surface area contributed by atoms with Gasteiger partial charge in [-0.3, -0.25) is 9.59 Å². The van der Waals surface area contributed by atoms with E-state index in [0.717, 1.165) is 6.07 Å². The Balaban J connectivity index is 2.69. The topological polar surface area (TPSA) is 113 Å². The zero-order valence-corrected chi connectivity index (χ0v) is 10.8. The fourth-order valence-electron chi connectivity index (χ4n) is 1.77. The molecule has 0 saturated heterocycles. The summed E-state index contributed by atoms with van der Waals surface area (Å²) < 4.78 is 0. The lowest BCUT2D eigenvalue weighted by atomic mass is 10.00. The number of hydrogen-bond donors (Lipinski definition) is 3. The molecule has 4 N–H and O–H groups in total. The Labute approximate surface area is 117 Å². The van der Waals surface area contributed by atoms with Gasteiger partial charge >= 0.3 is 5.97 Å². The number of carboxylic acid groups (broad SMARTS) is 1. The molecule has 0 aliphatic rings. The number of carboxylic acids is 1. The van der Waals surface area contributed by atoms with Crippen molar-refractivity contribution in [2.45, 2.75) is 0 Å². The first-order valence-corrected chi connectivity index (χ1v) is 5.83. The van der Waals surface area contributed by atoms with E-state index in [4.69, 9.17) is 22.4 Å². The summed E-state index contributed by atoms with van der Waals surface area (Å²) in [6.07, 6.45) is 1.26. The van der Waals surface area contributed by atoms with Gasteiger partial charge < -0.3 is 15.8 Å². The van der Waals surface area contributed by atoms with Gasteiger partial charge in [0, 0.05) is 17.8 Å². The van der Waals surface area contributed by atoms with E-state index in [9.17, 15) is 14.4 Å². The largest absolute Gasteiger partial charge is 0.478 e. The number of carbonyl (C=O) groups excluding carboxylic acids is 1. The van der Waals surface area contributed by atoms with Crippen molar-refractivity contribution < 1.29 is 14.7 Å². The number of pyridine rings is 1. The van der Waals surface area contributed by atoms with Gasteiger partial charge in [-0.2, -0.15) is 0 Å². The Hall–Kier alpha value is -2.60. The van der Waals surface area contributed by atoms with Crippen LogP contribution in [0.25, 0.3) is 11.1 Å². The fraction of sp³-hybridized carbons (Fsp3) is 0. The van der Waals surface area contributed by atoms with Gasteiger partial charge in [0.2, 0.25) is 11.5 Å². The van der Waals surface area contributed by atoms with E-state index in [1.165, 1.54) is 24.4 Å². The number of aromatic carboxylic acids is 1. The molecule has 6 nitrogen and oxygen atoms in total. The number of aromatic amines is 1. The van der Waals surface area contributed by atoms with Crippen molar-refractivity contribution in [3.63, 3.8) is 0 Å².